The quantitative estimate of drug-likeness (QED) is 0.745. The van der Waals surface area contributed by atoms with E-state index in [1.165, 1.54) is 11.5 Å². The van der Waals surface area contributed by atoms with Crippen LogP contribution in [0, 0.1) is 18.3 Å². The van der Waals surface area contributed by atoms with Crippen molar-refractivity contribution in [2.45, 2.75) is 38.6 Å². The fourth-order valence-corrected chi connectivity index (χ4v) is 2.85. The van der Waals surface area contributed by atoms with Gasteiger partial charge in [0.25, 0.3) is 0 Å². The van der Waals surface area contributed by atoms with Crippen LogP contribution < -0.4 is 5.32 Å². The van der Waals surface area contributed by atoms with Gasteiger partial charge in [0.05, 0.1) is 5.54 Å². The first-order chi connectivity index (χ1) is 7.03. The van der Waals surface area contributed by atoms with Crippen LogP contribution in [0.5, 0.6) is 0 Å². The molecule has 0 bridgehead atoms. The lowest BCUT2D eigenvalue weighted by molar-refractivity contribution is -0.123. The molecule has 0 aromatic rings. The van der Waals surface area contributed by atoms with Gasteiger partial charge in [-0.25, -0.2) is 0 Å². The molecule has 1 saturated heterocycles. The van der Waals surface area contributed by atoms with Crippen molar-refractivity contribution in [2.75, 3.05) is 11.5 Å². The topological polar surface area (TPSA) is 29.1 Å². The fourth-order valence-electron chi connectivity index (χ4n) is 1.65. The largest absolute Gasteiger partial charge is 0.340 e. The highest BCUT2D eigenvalue weighted by molar-refractivity contribution is 7.99. The van der Waals surface area contributed by atoms with Gasteiger partial charge in [0, 0.05) is 6.42 Å². The van der Waals surface area contributed by atoms with E-state index in [1.54, 1.807) is 0 Å². The first kappa shape index (κ1) is 12.4. The van der Waals surface area contributed by atoms with E-state index in [9.17, 15) is 4.79 Å². The molecule has 0 aromatic heterocycles. The number of amides is 1. The van der Waals surface area contributed by atoms with Crippen molar-refractivity contribution in [3.8, 4) is 12.3 Å². The maximum absolute atomic E-state index is 11.7. The molecule has 0 aromatic carbocycles. The van der Waals surface area contributed by atoms with E-state index in [0.29, 0.717) is 12.3 Å². The van der Waals surface area contributed by atoms with Crippen molar-refractivity contribution < 1.29 is 4.79 Å². The van der Waals surface area contributed by atoms with Crippen LogP contribution in [0.25, 0.3) is 0 Å². The Labute approximate surface area is 96.6 Å². The van der Waals surface area contributed by atoms with E-state index in [1.807, 2.05) is 25.6 Å². The summed E-state index contributed by atoms with van der Waals surface area (Å²) in [6, 6.07) is 0. The monoisotopic (exact) mass is 225 g/mol. The second-order valence-electron chi connectivity index (χ2n) is 4.58. The summed E-state index contributed by atoms with van der Waals surface area (Å²) in [4.78, 5) is 11.7. The van der Waals surface area contributed by atoms with Crippen LogP contribution in [0.15, 0.2) is 0 Å². The lowest BCUT2D eigenvalue weighted by atomic mass is 9.97. The van der Waals surface area contributed by atoms with Gasteiger partial charge in [0.1, 0.15) is 0 Å². The molecule has 1 amide bonds. The number of terminal acetylenes is 1. The van der Waals surface area contributed by atoms with Crippen LogP contribution in [0.4, 0.5) is 0 Å². The van der Waals surface area contributed by atoms with Gasteiger partial charge < -0.3 is 5.32 Å². The Morgan fingerprint density at radius 2 is 2.13 bits per heavy atom. The average Bonchev–Trinajstić information content (AvgIpc) is 2.18. The van der Waals surface area contributed by atoms with Crippen LogP contribution in [0.1, 0.15) is 33.1 Å². The molecule has 1 aliphatic rings. The minimum Gasteiger partial charge on any atom is -0.340 e. The van der Waals surface area contributed by atoms with E-state index in [-0.39, 0.29) is 5.91 Å². The lowest BCUT2D eigenvalue weighted by Gasteiger charge is -2.24. The smallest absolute Gasteiger partial charge is 0.221 e. The summed E-state index contributed by atoms with van der Waals surface area (Å²) in [5.41, 5.74) is -0.513. The first-order valence-corrected chi connectivity index (χ1v) is 6.55. The van der Waals surface area contributed by atoms with E-state index in [4.69, 9.17) is 6.42 Å². The summed E-state index contributed by atoms with van der Waals surface area (Å²) >= 11 is 1.98. The van der Waals surface area contributed by atoms with Crippen molar-refractivity contribution in [1.29, 1.82) is 0 Å². The molecule has 0 radical (unpaired) electrons. The molecule has 1 N–H and O–H groups in total. The maximum Gasteiger partial charge on any atom is 0.221 e. The summed E-state index contributed by atoms with van der Waals surface area (Å²) in [7, 11) is 0. The molecule has 2 nitrogen and oxygen atoms in total. The van der Waals surface area contributed by atoms with Crippen molar-refractivity contribution in [2.24, 2.45) is 5.92 Å². The second kappa shape index (κ2) is 5.46. The normalized spacial score (nSPS) is 18.2. The van der Waals surface area contributed by atoms with Gasteiger partial charge in [0.2, 0.25) is 5.91 Å². The summed E-state index contributed by atoms with van der Waals surface area (Å²) < 4.78 is 0. The fraction of sp³-hybridized carbons (Fsp3) is 0.750. The minimum absolute atomic E-state index is 0.0925. The third kappa shape index (κ3) is 4.61. The Balaban J connectivity index is 2.32. The molecule has 0 spiro atoms. The van der Waals surface area contributed by atoms with Gasteiger partial charge in [0.15, 0.2) is 0 Å². The van der Waals surface area contributed by atoms with E-state index in [2.05, 4.69) is 11.2 Å². The third-order valence-electron chi connectivity index (χ3n) is 2.63. The van der Waals surface area contributed by atoms with E-state index in [0.717, 1.165) is 12.8 Å². The van der Waals surface area contributed by atoms with Crippen LogP contribution in [-0.2, 0) is 4.79 Å². The zero-order valence-electron chi connectivity index (χ0n) is 9.51. The minimum atomic E-state index is -0.513. The highest BCUT2D eigenvalue weighted by Gasteiger charge is 2.21. The molecule has 1 aliphatic heterocycles. The molecule has 0 atom stereocenters. The molecule has 0 unspecified atom stereocenters. The molecule has 0 saturated carbocycles. The standard InChI is InChI=1S/C12H19NOS/c1-4-12(2,3)13-11(14)9-10-5-7-15-8-6-10/h1,10H,5-9H2,2-3H3,(H,13,14). The molecule has 84 valence electrons. The molecule has 1 heterocycles. The molecule has 3 heteroatoms. The summed E-state index contributed by atoms with van der Waals surface area (Å²) in [6.07, 6.45) is 8.27. The number of carbonyl (C=O) groups is 1. The van der Waals surface area contributed by atoms with Gasteiger partial charge in [-0.3, -0.25) is 4.79 Å². The van der Waals surface area contributed by atoms with Gasteiger partial charge in [-0.05, 0) is 44.1 Å². The third-order valence-corrected chi connectivity index (χ3v) is 3.68. The number of thioether (sulfide) groups is 1. The molecular weight excluding hydrogens is 206 g/mol. The SMILES string of the molecule is C#CC(C)(C)NC(=O)CC1CCSCC1. The highest BCUT2D eigenvalue weighted by Crippen LogP contribution is 2.25. The number of hydrogen-bond donors (Lipinski definition) is 1. The van der Waals surface area contributed by atoms with Gasteiger partial charge in [-0.2, -0.15) is 11.8 Å². The van der Waals surface area contributed by atoms with E-state index < -0.39 is 5.54 Å². The highest BCUT2D eigenvalue weighted by atomic mass is 32.2. The molecular formula is C12H19NOS. The van der Waals surface area contributed by atoms with Crippen LogP contribution in [0.2, 0.25) is 0 Å². The predicted octanol–water partition coefficient (Wildman–Crippen LogP) is 2.05. The van der Waals surface area contributed by atoms with Crippen LogP contribution in [-0.4, -0.2) is 23.0 Å². The Morgan fingerprint density at radius 1 is 1.53 bits per heavy atom. The second-order valence-corrected chi connectivity index (χ2v) is 5.80. The van der Waals surface area contributed by atoms with Gasteiger partial charge in [-0.1, -0.05) is 5.92 Å². The van der Waals surface area contributed by atoms with Crippen molar-refractivity contribution in [1.82, 2.24) is 5.32 Å². The zero-order valence-corrected chi connectivity index (χ0v) is 10.3. The number of carbonyl (C=O) groups excluding carboxylic acids is 1. The Morgan fingerprint density at radius 3 is 2.67 bits per heavy atom. The van der Waals surface area contributed by atoms with Crippen molar-refractivity contribution >= 4 is 17.7 Å². The summed E-state index contributed by atoms with van der Waals surface area (Å²) in [6.45, 7) is 3.70. The van der Waals surface area contributed by atoms with Crippen molar-refractivity contribution in [3.05, 3.63) is 0 Å². The predicted molar refractivity (Wildman–Crippen MR) is 65.7 cm³/mol. The first-order valence-electron chi connectivity index (χ1n) is 5.40. The number of rotatable bonds is 3. The van der Waals surface area contributed by atoms with Crippen LogP contribution in [0.3, 0.4) is 0 Å². The number of nitrogens with one attached hydrogen (secondary N) is 1. The van der Waals surface area contributed by atoms with Crippen molar-refractivity contribution in [3.63, 3.8) is 0 Å². The molecule has 1 rings (SSSR count). The lowest BCUT2D eigenvalue weighted by Crippen LogP contribution is -2.42. The Hall–Kier alpha value is -0.620. The number of hydrogen-bond acceptors (Lipinski definition) is 2. The van der Waals surface area contributed by atoms with Crippen LogP contribution >= 0.6 is 11.8 Å². The summed E-state index contributed by atoms with van der Waals surface area (Å²) in [5.74, 6) is 5.60. The van der Waals surface area contributed by atoms with Gasteiger partial charge in [-0.15, -0.1) is 6.42 Å². The zero-order chi connectivity index (χ0) is 11.3. The molecule has 0 aliphatic carbocycles. The molecule has 15 heavy (non-hydrogen) atoms. The average molecular weight is 225 g/mol. The van der Waals surface area contributed by atoms with E-state index >= 15 is 0 Å². The van der Waals surface area contributed by atoms with Gasteiger partial charge >= 0.3 is 0 Å². The summed E-state index contributed by atoms with van der Waals surface area (Å²) in [5, 5.41) is 2.87. The molecule has 1 fully saturated rings. The Kier molecular flexibility index (Phi) is 4.53. The maximum atomic E-state index is 11.7. The Bertz CT molecular complexity index is 261.